The molecule has 2 aliphatic rings. The zero-order valence-electron chi connectivity index (χ0n) is 23.4. The molecule has 1 aliphatic heterocycles. The number of amides is 4. The molecule has 0 radical (unpaired) electrons. The van der Waals surface area contributed by atoms with Gasteiger partial charge >= 0.3 is 12.3 Å². The number of likely N-dealkylation sites (N-methyl/N-ethyl adjacent to an activating group) is 1. The molecule has 0 unspecified atom stereocenters. The second-order valence-corrected chi connectivity index (χ2v) is 10.5. The minimum absolute atomic E-state index is 0.0433. The van der Waals surface area contributed by atoms with Gasteiger partial charge in [0.25, 0.3) is 5.91 Å². The summed E-state index contributed by atoms with van der Waals surface area (Å²) >= 11 is 0. The number of nitrogens with one attached hydrogen (secondary N) is 1. The molecule has 232 valence electrons. The Morgan fingerprint density at radius 3 is 2.50 bits per heavy atom. The number of carbonyl (C=O) groups excluding carboxylic acids is 4. The van der Waals surface area contributed by atoms with Gasteiger partial charge in [0.05, 0.1) is 6.20 Å². The topological polar surface area (TPSA) is 114 Å². The van der Waals surface area contributed by atoms with Crippen molar-refractivity contribution in [2.24, 2.45) is 0 Å². The van der Waals surface area contributed by atoms with E-state index >= 15 is 4.39 Å². The van der Waals surface area contributed by atoms with Crippen molar-refractivity contribution in [3.8, 4) is 11.1 Å². The Bertz CT molecular complexity index is 1630. The first-order valence-electron chi connectivity index (χ1n) is 13.4. The molecule has 4 amide bonds. The Labute approximate surface area is 247 Å². The number of aromatic nitrogens is 2. The molecule has 1 aromatic heterocycles. The SMILES string of the molecule is CNC(=O)Cn1cc(-c2ccc3c(c2)[C@@H](F)C[C@@]32OC(=O)N(CC(=O)N(Cc3ccc(F)cc3)[C@@H](C)C(F)(F)F)C2=O)cn1. The summed E-state index contributed by atoms with van der Waals surface area (Å²) in [5, 5.41) is 6.58. The van der Waals surface area contributed by atoms with Gasteiger partial charge in [-0.25, -0.2) is 18.5 Å². The zero-order chi connectivity index (χ0) is 32.0. The van der Waals surface area contributed by atoms with Crippen LogP contribution in [0, 0.1) is 5.82 Å². The van der Waals surface area contributed by atoms with Crippen LogP contribution in [-0.4, -0.2) is 69.2 Å². The molecular weight excluding hydrogens is 593 g/mol. The van der Waals surface area contributed by atoms with Crippen molar-refractivity contribution in [2.45, 2.75) is 50.4 Å². The molecule has 3 aromatic rings. The van der Waals surface area contributed by atoms with Crippen molar-refractivity contribution >= 4 is 23.8 Å². The predicted octanol–water partition coefficient (Wildman–Crippen LogP) is 4.00. The van der Waals surface area contributed by atoms with Gasteiger partial charge in [-0.3, -0.25) is 19.1 Å². The monoisotopic (exact) mass is 619 g/mol. The fourth-order valence-electron chi connectivity index (χ4n) is 5.28. The predicted molar refractivity (Wildman–Crippen MR) is 143 cm³/mol. The molecule has 1 fully saturated rings. The smallest absolute Gasteiger partial charge is 0.418 e. The minimum Gasteiger partial charge on any atom is -0.427 e. The van der Waals surface area contributed by atoms with E-state index in [1.807, 2.05) is 0 Å². The van der Waals surface area contributed by atoms with Crippen molar-refractivity contribution in [3.63, 3.8) is 0 Å². The molecule has 1 N–H and O–H groups in total. The summed E-state index contributed by atoms with van der Waals surface area (Å²) in [7, 11) is 1.48. The van der Waals surface area contributed by atoms with Crippen LogP contribution in [0.4, 0.5) is 26.7 Å². The van der Waals surface area contributed by atoms with E-state index in [-0.39, 0.29) is 29.1 Å². The molecular formula is C29H26F5N5O5. The van der Waals surface area contributed by atoms with Gasteiger partial charge in [0.2, 0.25) is 17.4 Å². The highest BCUT2D eigenvalue weighted by Gasteiger charge is 2.61. The lowest BCUT2D eigenvalue weighted by molar-refractivity contribution is -0.187. The highest BCUT2D eigenvalue weighted by molar-refractivity contribution is 6.06. The van der Waals surface area contributed by atoms with Gasteiger partial charge in [-0.05, 0) is 41.8 Å². The number of benzene rings is 2. The number of fused-ring (bicyclic) bond motifs is 2. The van der Waals surface area contributed by atoms with Gasteiger partial charge < -0.3 is 15.0 Å². The molecule has 44 heavy (non-hydrogen) atoms. The lowest BCUT2D eigenvalue weighted by atomic mass is 9.93. The maximum atomic E-state index is 15.4. The molecule has 0 saturated carbocycles. The fourth-order valence-corrected chi connectivity index (χ4v) is 5.28. The maximum absolute atomic E-state index is 15.4. The van der Waals surface area contributed by atoms with Crippen LogP contribution in [0.2, 0.25) is 0 Å². The number of hydrogen-bond acceptors (Lipinski definition) is 6. The summed E-state index contributed by atoms with van der Waals surface area (Å²) in [5.41, 5.74) is -0.764. The number of ether oxygens (including phenoxy) is 1. The second kappa shape index (κ2) is 11.4. The third kappa shape index (κ3) is 5.61. The van der Waals surface area contributed by atoms with Crippen LogP contribution >= 0.6 is 0 Å². The van der Waals surface area contributed by atoms with Gasteiger partial charge in [0.1, 0.15) is 31.1 Å². The van der Waals surface area contributed by atoms with Gasteiger partial charge in [-0.1, -0.05) is 24.3 Å². The van der Waals surface area contributed by atoms with Crippen LogP contribution in [0.5, 0.6) is 0 Å². The Balaban J connectivity index is 1.39. The van der Waals surface area contributed by atoms with Crippen molar-refractivity contribution in [1.82, 2.24) is 24.9 Å². The summed E-state index contributed by atoms with van der Waals surface area (Å²) in [6, 6.07) is 6.56. The van der Waals surface area contributed by atoms with Crippen molar-refractivity contribution in [2.75, 3.05) is 13.6 Å². The Morgan fingerprint density at radius 2 is 1.84 bits per heavy atom. The van der Waals surface area contributed by atoms with Crippen LogP contribution in [0.25, 0.3) is 11.1 Å². The lowest BCUT2D eigenvalue weighted by Gasteiger charge is -2.31. The van der Waals surface area contributed by atoms with E-state index in [9.17, 15) is 36.7 Å². The van der Waals surface area contributed by atoms with Gasteiger partial charge in [-0.15, -0.1) is 0 Å². The molecule has 10 nitrogen and oxygen atoms in total. The van der Waals surface area contributed by atoms with E-state index in [0.717, 1.165) is 19.1 Å². The molecule has 1 spiro atoms. The first-order valence-corrected chi connectivity index (χ1v) is 13.4. The number of rotatable bonds is 8. The first kappa shape index (κ1) is 30.6. The van der Waals surface area contributed by atoms with E-state index in [1.54, 1.807) is 12.3 Å². The van der Waals surface area contributed by atoms with Crippen LogP contribution in [0.15, 0.2) is 54.9 Å². The first-order chi connectivity index (χ1) is 20.7. The maximum Gasteiger partial charge on any atom is 0.418 e. The minimum atomic E-state index is -4.85. The largest absolute Gasteiger partial charge is 0.427 e. The summed E-state index contributed by atoms with van der Waals surface area (Å²) < 4.78 is 76.5. The number of alkyl halides is 4. The molecule has 3 atom stereocenters. The van der Waals surface area contributed by atoms with Gasteiger partial charge in [0.15, 0.2) is 0 Å². The molecule has 1 aliphatic carbocycles. The Hall–Kier alpha value is -4.82. The summed E-state index contributed by atoms with van der Waals surface area (Å²) in [6.45, 7) is -0.970. The number of nitrogens with zero attached hydrogens (tertiary/aromatic N) is 4. The van der Waals surface area contributed by atoms with Gasteiger partial charge in [-0.2, -0.15) is 18.3 Å². The summed E-state index contributed by atoms with van der Waals surface area (Å²) in [4.78, 5) is 52.1. The third-order valence-electron chi connectivity index (χ3n) is 7.74. The third-order valence-corrected chi connectivity index (χ3v) is 7.74. The number of hydrogen-bond donors (Lipinski definition) is 1. The zero-order valence-corrected chi connectivity index (χ0v) is 23.4. The van der Waals surface area contributed by atoms with Crippen molar-refractivity contribution in [3.05, 3.63) is 77.4 Å². The molecule has 0 bridgehead atoms. The van der Waals surface area contributed by atoms with Crippen molar-refractivity contribution in [1.29, 1.82) is 0 Å². The van der Waals surface area contributed by atoms with E-state index in [2.05, 4.69) is 10.4 Å². The van der Waals surface area contributed by atoms with Crippen LogP contribution in [0.3, 0.4) is 0 Å². The van der Waals surface area contributed by atoms with E-state index < -0.39 is 67.2 Å². The Morgan fingerprint density at radius 1 is 1.14 bits per heavy atom. The highest BCUT2D eigenvalue weighted by Crippen LogP contribution is 2.52. The number of carbonyl (C=O) groups is 4. The average Bonchev–Trinajstić information content (AvgIpc) is 3.62. The number of halogens is 5. The molecule has 2 heterocycles. The quantitative estimate of drug-likeness (QED) is 0.382. The van der Waals surface area contributed by atoms with E-state index in [1.165, 1.54) is 42.2 Å². The summed E-state index contributed by atoms with van der Waals surface area (Å²) in [5.74, 6) is -3.21. The van der Waals surface area contributed by atoms with E-state index in [0.29, 0.717) is 20.9 Å². The lowest BCUT2D eigenvalue weighted by Crippen LogP contribution is -2.51. The van der Waals surface area contributed by atoms with Crippen molar-refractivity contribution < 1.29 is 45.9 Å². The van der Waals surface area contributed by atoms with Gasteiger partial charge in [0, 0.05) is 37.3 Å². The number of imide groups is 1. The Kier molecular flexibility index (Phi) is 7.90. The van der Waals surface area contributed by atoms with E-state index in [4.69, 9.17) is 4.74 Å². The molecule has 2 aromatic carbocycles. The highest BCUT2D eigenvalue weighted by atomic mass is 19.4. The summed E-state index contributed by atoms with van der Waals surface area (Å²) in [6.07, 6.45) is -5.45. The molecule has 5 rings (SSSR count). The standard InChI is InChI=1S/C29H26F5N5O5/c1-16(29(32,33)34)38(12-17-3-6-20(30)7-4-17)25(41)15-39-26(42)28(44-27(39)43)10-23(31)21-9-18(5-8-22(21)28)19-11-36-37(13-19)14-24(40)35-2/h3-9,11,13,16,23H,10,12,14-15H2,1-2H3,(H,35,40)/t16-,23-,28+/m0/s1. The molecule has 1 saturated heterocycles. The van der Waals surface area contributed by atoms with Crippen LogP contribution < -0.4 is 5.32 Å². The normalized spacial score (nSPS) is 20.1. The average molecular weight is 620 g/mol. The van der Waals surface area contributed by atoms with Crippen LogP contribution in [0.1, 0.15) is 36.2 Å². The molecule has 15 heteroatoms. The van der Waals surface area contributed by atoms with Crippen LogP contribution in [-0.2, 0) is 37.8 Å². The second-order valence-electron chi connectivity index (χ2n) is 10.5. The fraction of sp³-hybridized carbons (Fsp3) is 0.345.